The molecule has 0 bridgehead atoms. The van der Waals surface area contributed by atoms with E-state index in [-0.39, 0.29) is 0 Å². The summed E-state index contributed by atoms with van der Waals surface area (Å²) in [4.78, 5) is 0.442. The van der Waals surface area contributed by atoms with Gasteiger partial charge in [-0.1, -0.05) is 0 Å². The number of aromatic nitrogens is 2. The van der Waals surface area contributed by atoms with Gasteiger partial charge in [-0.3, -0.25) is 4.68 Å². The van der Waals surface area contributed by atoms with Crippen LogP contribution in [0.15, 0.2) is 4.90 Å². The Hall–Kier alpha value is -0.680. The SMILES string of the molecule is CCn1nc(C)c(S(=O)O)c1C. The van der Waals surface area contributed by atoms with Crippen molar-refractivity contribution < 1.29 is 8.76 Å². The Kier molecular flexibility index (Phi) is 2.64. The highest BCUT2D eigenvalue weighted by Gasteiger charge is 2.14. The molecule has 0 saturated carbocycles. The molecule has 0 radical (unpaired) electrons. The summed E-state index contributed by atoms with van der Waals surface area (Å²) in [6.07, 6.45) is 0. The van der Waals surface area contributed by atoms with Crippen molar-refractivity contribution in [3.63, 3.8) is 0 Å². The molecule has 0 aliphatic carbocycles. The van der Waals surface area contributed by atoms with Gasteiger partial charge in [0.25, 0.3) is 0 Å². The van der Waals surface area contributed by atoms with E-state index in [1.807, 2.05) is 6.92 Å². The van der Waals surface area contributed by atoms with Crippen molar-refractivity contribution in [1.82, 2.24) is 9.78 Å². The van der Waals surface area contributed by atoms with Gasteiger partial charge >= 0.3 is 0 Å². The quantitative estimate of drug-likeness (QED) is 0.707. The molecule has 0 aliphatic heterocycles. The van der Waals surface area contributed by atoms with Gasteiger partial charge < -0.3 is 4.55 Å². The Bertz CT molecular complexity index is 319. The number of aryl methyl sites for hydroxylation is 2. The van der Waals surface area contributed by atoms with Gasteiger partial charge in [0, 0.05) is 6.54 Å². The van der Waals surface area contributed by atoms with Crippen molar-refractivity contribution >= 4 is 11.1 Å². The second-order valence-corrected chi connectivity index (χ2v) is 3.47. The highest BCUT2D eigenvalue weighted by molar-refractivity contribution is 7.79. The van der Waals surface area contributed by atoms with Crippen LogP contribution in [-0.4, -0.2) is 18.5 Å². The molecule has 68 valence electrons. The van der Waals surface area contributed by atoms with Gasteiger partial charge in [-0.05, 0) is 20.8 Å². The fraction of sp³-hybridized carbons (Fsp3) is 0.571. The molecule has 1 heterocycles. The minimum atomic E-state index is -1.92. The molecule has 1 aromatic rings. The average molecular weight is 188 g/mol. The van der Waals surface area contributed by atoms with Crippen molar-refractivity contribution in [2.75, 3.05) is 0 Å². The lowest BCUT2D eigenvalue weighted by molar-refractivity contribution is 0.562. The van der Waals surface area contributed by atoms with E-state index in [1.54, 1.807) is 18.5 Å². The highest BCUT2D eigenvalue weighted by atomic mass is 32.2. The lowest BCUT2D eigenvalue weighted by Crippen LogP contribution is -1.99. The molecule has 1 N–H and O–H groups in total. The van der Waals surface area contributed by atoms with Gasteiger partial charge in [-0.2, -0.15) is 5.10 Å². The fourth-order valence-corrected chi connectivity index (χ4v) is 1.89. The summed E-state index contributed by atoms with van der Waals surface area (Å²) in [6, 6.07) is 0. The maximum absolute atomic E-state index is 10.8. The molecule has 1 unspecified atom stereocenters. The molecule has 0 amide bonds. The van der Waals surface area contributed by atoms with Crippen LogP contribution < -0.4 is 0 Å². The molecule has 0 spiro atoms. The van der Waals surface area contributed by atoms with Crippen LogP contribution in [0.2, 0.25) is 0 Å². The smallest absolute Gasteiger partial charge is 0.190 e. The number of hydrogen-bond donors (Lipinski definition) is 1. The van der Waals surface area contributed by atoms with Crippen molar-refractivity contribution in [2.45, 2.75) is 32.2 Å². The van der Waals surface area contributed by atoms with Gasteiger partial charge in [0.1, 0.15) is 4.90 Å². The first-order valence-corrected chi connectivity index (χ1v) is 4.83. The zero-order valence-electron chi connectivity index (χ0n) is 7.37. The van der Waals surface area contributed by atoms with Gasteiger partial charge in [0.15, 0.2) is 11.1 Å². The lowest BCUT2D eigenvalue weighted by atomic mass is 10.4. The molecular formula is C7H12N2O2S. The molecule has 0 aliphatic rings. The van der Waals surface area contributed by atoms with Crippen molar-refractivity contribution in [1.29, 1.82) is 0 Å². The Labute approximate surface area is 73.9 Å². The molecular weight excluding hydrogens is 176 g/mol. The monoisotopic (exact) mass is 188 g/mol. The van der Waals surface area contributed by atoms with Gasteiger partial charge in [-0.25, -0.2) is 4.21 Å². The lowest BCUT2D eigenvalue weighted by Gasteiger charge is -1.97. The van der Waals surface area contributed by atoms with Crippen LogP contribution in [0.1, 0.15) is 18.3 Å². The molecule has 1 atom stereocenters. The van der Waals surface area contributed by atoms with E-state index in [9.17, 15) is 4.21 Å². The molecule has 0 aromatic carbocycles. The Morgan fingerprint density at radius 2 is 2.17 bits per heavy atom. The standard InChI is InChI=1S/C7H12N2O2S/c1-4-9-6(3)7(12(10)11)5(2)8-9/h4H2,1-3H3,(H,10,11). The second kappa shape index (κ2) is 3.37. The molecule has 12 heavy (non-hydrogen) atoms. The summed E-state index contributed by atoms with van der Waals surface area (Å²) in [6.45, 7) is 6.21. The van der Waals surface area contributed by atoms with E-state index >= 15 is 0 Å². The zero-order valence-corrected chi connectivity index (χ0v) is 8.18. The first-order chi connectivity index (χ1) is 5.57. The van der Waals surface area contributed by atoms with Crippen LogP contribution in [-0.2, 0) is 17.6 Å². The fourth-order valence-electron chi connectivity index (χ4n) is 1.24. The topological polar surface area (TPSA) is 55.1 Å². The Morgan fingerprint density at radius 1 is 1.58 bits per heavy atom. The molecule has 1 rings (SSSR count). The van der Waals surface area contributed by atoms with E-state index in [2.05, 4.69) is 5.10 Å². The molecule has 0 saturated heterocycles. The first-order valence-electron chi connectivity index (χ1n) is 3.72. The summed E-state index contributed by atoms with van der Waals surface area (Å²) in [7, 11) is 0. The van der Waals surface area contributed by atoms with Gasteiger partial charge in [-0.15, -0.1) is 0 Å². The predicted molar refractivity (Wildman–Crippen MR) is 46.4 cm³/mol. The summed E-state index contributed by atoms with van der Waals surface area (Å²) < 4.78 is 21.5. The van der Waals surface area contributed by atoms with Crippen molar-refractivity contribution in [3.05, 3.63) is 11.4 Å². The molecule has 0 fully saturated rings. The average Bonchev–Trinajstić information content (AvgIpc) is 2.25. The van der Waals surface area contributed by atoms with Crippen molar-refractivity contribution in [2.24, 2.45) is 0 Å². The number of rotatable bonds is 2. The summed E-state index contributed by atoms with van der Waals surface area (Å²) >= 11 is -1.92. The predicted octanol–water partition coefficient (Wildman–Crippen LogP) is 1.10. The van der Waals surface area contributed by atoms with E-state index in [4.69, 9.17) is 4.55 Å². The van der Waals surface area contributed by atoms with E-state index < -0.39 is 11.1 Å². The van der Waals surface area contributed by atoms with Gasteiger partial charge in [0.05, 0.1) is 11.4 Å². The third-order valence-electron chi connectivity index (χ3n) is 1.79. The van der Waals surface area contributed by atoms with Crippen LogP contribution in [0.4, 0.5) is 0 Å². The van der Waals surface area contributed by atoms with E-state index in [1.165, 1.54) is 0 Å². The largest absolute Gasteiger partial charge is 0.302 e. The third-order valence-corrected chi connectivity index (χ3v) is 2.73. The van der Waals surface area contributed by atoms with Crippen LogP contribution in [0.25, 0.3) is 0 Å². The maximum Gasteiger partial charge on any atom is 0.190 e. The zero-order chi connectivity index (χ0) is 9.30. The summed E-state index contributed by atoms with van der Waals surface area (Å²) in [5.74, 6) is 0. The van der Waals surface area contributed by atoms with Gasteiger partial charge in [0.2, 0.25) is 0 Å². The van der Waals surface area contributed by atoms with Crippen LogP contribution in [0.3, 0.4) is 0 Å². The molecule has 4 nitrogen and oxygen atoms in total. The van der Waals surface area contributed by atoms with Crippen LogP contribution >= 0.6 is 0 Å². The summed E-state index contributed by atoms with van der Waals surface area (Å²) in [5, 5.41) is 4.11. The Balaban J connectivity index is 3.28. The first kappa shape index (κ1) is 9.41. The minimum absolute atomic E-state index is 0.442. The summed E-state index contributed by atoms with van der Waals surface area (Å²) in [5.41, 5.74) is 1.41. The number of hydrogen-bond acceptors (Lipinski definition) is 2. The highest BCUT2D eigenvalue weighted by Crippen LogP contribution is 2.15. The van der Waals surface area contributed by atoms with Crippen LogP contribution in [0.5, 0.6) is 0 Å². The molecule has 5 heteroatoms. The third kappa shape index (κ3) is 1.42. The maximum atomic E-state index is 10.8. The normalized spacial score (nSPS) is 13.3. The van der Waals surface area contributed by atoms with Crippen molar-refractivity contribution in [3.8, 4) is 0 Å². The van der Waals surface area contributed by atoms with E-state index in [0.717, 1.165) is 12.2 Å². The minimum Gasteiger partial charge on any atom is -0.302 e. The van der Waals surface area contributed by atoms with E-state index in [0.29, 0.717) is 10.6 Å². The molecule has 1 aromatic heterocycles. The van der Waals surface area contributed by atoms with Crippen LogP contribution in [0, 0.1) is 13.8 Å². The second-order valence-electron chi connectivity index (χ2n) is 2.56. The Morgan fingerprint density at radius 3 is 2.42 bits per heavy atom. The number of nitrogens with zero attached hydrogens (tertiary/aromatic N) is 2.